The summed E-state index contributed by atoms with van der Waals surface area (Å²) in [6.07, 6.45) is 2.80. The van der Waals surface area contributed by atoms with Gasteiger partial charge in [-0.2, -0.15) is 5.26 Å². The highest BCUT2D eigenvalue weighted by Gasteiger charge is 2.23. The van der Waals surface area contributed by atoms with Crippen LogP contribution in [0.3, 0.4) is 0 Å². The number of ether oxygens (including phenoxy) is 1. The first-order valence-corrected chi connectivity index (χ1v) is 5.40. The Morgan fingerprint density at radius 2 is 2.00 bits per heavy atom. The maximum Gasteiger partial charge on any atom is 0.0666 e. The van der Waals surface area contributed by atoms with Crippen molar-refractivity contribution in [3.05, 3.63) is 0 Å². The molecule has 1 saturated heterocycles. The third-order valence-corrected chi connectivity index (χ3v) is 2.63. The van der Waals surface area contributed by atoms with Gasteiger partial charge in [-0.05, 0) is 33.6 Å². The molecule has 3 atom stereocenters. The fourth-order valence-electron chi connectivity index (χ4n) is 1.96. The third kappa shape index (κ3) is 3.65. The van der Waals surface area contributed by atoms with Gasteiger partial charge in [0.1, 0.15) is 0 Å². The number of nitrogens with zero attached hydrogens (tertiary/aromatic N) is 1. The van der Waals surface area contributed by atoms with E-state index in [1.165, 1.54) is 0 Å². The second-order valence-electron chi connectivity index (χ2n) is 4.36. The van der Waals surface area contributed by atoms with Crippen LogP contribution in [0.2, 0.25) is 0 Å². The second-order valence-corrected chi connectivity index (χ2v) is 4.36. The number of rotatable bonds is 3. The van der Waals surface area contributed by atoms with Crippen molar-refractivity contribution in [1.29, 1.82) is 5.26 Å². The maximum absolute atomic E-state index is 8.65. The lowest BCUT2D eigenvalue weighted by molar-refractivity contribution is -0.0421. The van der Waals surface area contributed by atoms with E-state index in [9.17, 15) is 0 Å². The zero-order valence-corrected chi connectivity index (χ0v) is 9.29. The van der Waals surface area contributed by atoms with Gasteiger partial charge in [0.2, 0.25) is 0 Å². The zero-order chi connectivity index (χ0) is 10.6. The molecule has 0 saturated carbocycles. The largest absolute Gasteiger partial charge is 0.375 e. The van der Waals surface area contributed by atoms with Crippen molar-refractivity contribution < 1.29 is 4.74 Å². The Hall–Kier alpha value is -0.590. The van der Waals surface area contributed by atoms with E-state index in [1.807, 2.05) is 6.92 Å². The molecule has 0 aromatic heterocycles. The van der Waals surface area contributed by atoms with Gasteiger partial charge in [0, 0.05) is 12.6 Å². The monoisotopic (exact) mass is 196 g/mol. The molecule has 0 aromatic carbocycles. The van der Waals surface area contributed by atoms with Crippen molar-refractivity contribution in [2.45, 2.75) is 51.9 Å². The minimum Gasteiger partial charge on any atom is -0.375 e. The Balaban J connectivity index is 2.27. The van der Waals surface area contributed by atoms with Crippen LogP contribution in [0.1, 0.15) is 33.6 Å². The Bertz CT molecular complexity index is 202. The van der Waals surface area contributed by atoms with Crippen LogP contribution >= 0.6 is 0 Å². The SMILES string of the molecule is CC(C#N)CNC1CC(C)OC(C)C1. The smallest absolute Gasteiger partial charge is 0.0666 e. The zero-order valence-electron chi connectivity index (χ0n) is 9.29. The normalized spacial score (nSPS) is 34.9. The summed E-state index contributed by atoms with van der Waals surface area (Å²) in [6.45, 7) is 6.95. The summed E-state index contributed by atoms with van der Waals surface area (Å²) < 4.78 is 5.64. The van der Waals surface area contributed by atoms with Gasteiger partial charge >= 0.3 is 0 Å². The molecule has 1 N–H and O–H groups in total. The molecule has 1 rings (SSSR count). The van der Waals surface area contributed by atoms with Crippen molar-refractivity contribution >= 4 is 0 Å². The van der Waals surface area contributed by atoms with E-state index in [1.54, 1.807) is 0 Å². The van der Waals surface area contributed by atoms with E-state index >= 15 is 0 Å². The molecule has 1 aliphatic rings. The highest BCUT2D eigenvalue weighted by Crippen LogP contribution is 2.18. The molecule has 3 nitrogen and oxygen atoms in total. The molecule has 0 amide bonds. The molecule has 3 unspecified atom stereocenters. The van der Waals surface area contributed by atoms with Crippen molar-refractivity contribution in [2.24, 2.45) is 5.92 Å². The van der Waals surface area contributed by atoms with Gasteiger partial charge in [-0.3, -0.25) is 0 Å². The van der Waals surface area contributed by atoms with Crippen LogP contribution in [0, 0.1) is 17.2 Å². The van der Waals surface area contributed by atoms with Crippen molar-refractivity contribution in [3.63, 3.8) is 0 Å². The minimum atomic E-state index is 0.100. The quantitative estimate of drug-likeness (QED) is 0.747. The Labute approximate surface area is 86.4 Å². The second kappa shape index (κ2) is 5.33. The lowest BCUT2D eigenvalue weighted by Gasteiger charge is -2.32. The number of hydrogen-bond donors (Lipinski definition) is 1. The lowest BCUT2D eigenvalue weighted by Crippen LogP contribution is -2.42. The van der Waals surface area contributed by atoms with Crippen LogP contribution < -0.4 is 5.32 Å². The molecule has 14 heavy (non-hydrogen) atoms. The summed E-state index contributed by atoms with van der Waals surface area (Å²) in [5, 5.41) is 12.1. The maximum atomic E-state index is 8.65. The molecule has 0 aromatic rings. The fourth-order valence-corrected chi connectivity index (χ4v) is 1.96. The molecular weight excluding hydrogens is 176 g/mol. The van der Waals surface area contributed by atoms with E-state index in [0.29, 0.717) is 18.2 Å². The molecule has 80 valence electrons. The Morgan fingerprint density at radius 3 is 2.50 bits per heavy atom. The van der Waals surface area contributed by atoms with Gasteiger partial charge < -0.3 is 10.1 Å². The Kier molecular flexibility index (Phi) is 4.37. The van der Waals surface area contributed by atoms with Crippen LogP contribution in [-0.4, -0.2) is 24.8 Å². The first-order valence-electron chi connectivity index (χ1n) is 5.40. The summed E-state index contributed by atoms with van der Waals surface area (Å²) >= 11 is 0. The van der Waals surface area contributed by atoms with Gasteiger partial charge in [0.05, 0.1) is 24.2 Å². The van der Waals surface area contributed by atoms with Crippen LogP contribution in [0.25, 0.3) is 0 Å². The molecule has 3 heteroatoms. The van der Waals surface area contributed by atoms with Crippen LogP contribution in [0.4, 0.5) is 0 Å². The van der Waals surface area contributed by atoms with E-state index in [2.05, 4.69) is 25.2 Å². The van der Waals surface area contributed by atoms with Crippen LogP contribution in [0.5, 0.6) is 0 Å². The van der Waals surface area contributed by atoms with Crippen molar-refractivity contribution in [1.82, 2.24) is 5.32 Å². The lowest BCUT2D eigenvalue weighted by atomic mass is 9.99. The molecule has 1 fully saturated rings. The van der Waals surface area contributed by atoms with Gasteiger partial charge in [0.25, 0.3) is 0 Å². The summed E-state index contributed by atoms with van der Waals surface area (Å²) in [5.41, 5.74) is 0. The van der Waals surface area contributed by atoms with Gasteiger partial charge in [-0.25, -0.2) is 0 Å². The predicted octanol–water partition coefficient (Wildman–Crippen LogP) is 1.69. The molecule has 1 aliphatic heterocycles. The van der Waals surface area contributed by atoms with Crippen LogP contribution in [-0.2, 0) is 4.74 Å². The van der Waals surface area contributed by atoms with Crippen molar-refractivity contribution in [2.75, 3.05) is 6.54 Å². The molecule has 0 bridgehead atoms. The van der Waals surface area contributed by atoms with E-state index in [0.717, 1.165) is 19.4 Å². The summed E-state index contributed by atoms with van der Waals surface area (Å²) in [4.78, 5) is 0. The van der Waals surface area contributed by atoms with E-state index in [-0.39, 0.29) is 5.92 Å². The number of hydrogen-bond acceptors (Lipinski definition) is 3. The van der Waals surface area contributed by atoms with Crippen LogP contribution in [0.15, 0.2) is 0 Å². The third-order valence-electron chi connectivity index (χ3n) is 2.63. The van der Waals surface area contributed by atoms with E-state index in [4.69, 9.17) is 10.00 Å². The van der Waals surface area contributed by atoms with Crippen molar-refractivity contribution in [3.8, 4) is 6.07 Å². The van der Waals surface area contributed by atoms with Gasteiger partial charge in [-0.15, -0.1) is 0 Å². The first kappa shape index (κ1) is 11.5. The minimum absolute atomic E-state index is 0.100. The predicted molar refractivity (Wildman–Crippen MR) is 55.8 cm³/mol. The Morgan fingerprint density at radius 1 is 1.43 bits per heavy atom. The van der Waals surface area contributed by atoms with E-state index < -0.39 is 0 Å². The fraction of sp³-hybridized carbons (Fsp3) is 0.909. The summed E-state index contributed by atoms with van der Waals surface area (Å²) in [7, 11) is 0. The molecule has 1 heterocycles. The number of nitriles is 1. The topological polar surface area (TPSA) is 45.0 Å². The molecule has 0 spiro atoms. The molecule has 0 aliphatic carbocycles. The average molecular weight is 196 g/mol. The van der Waals surface area contributed by atoms with Gasteiger partial charge in [0.15, 0.2) is 0 Å². The molecular formula is C11H20N2O. The first-order chi connectivity index (χ1) is 6.61. The highest BCUT2D eigenvalue weighted by atomic mass is 16.5. The summed E-state index contributed by atoms with van der Waals surface area (Å²) in [5.74, 6) is 0.100. The average Bonchev–Trinajstić information content (AvgIpc) is 2.12. The standard InChI is InChI=1S/C11H20N2O/c1-8(6-12)7-13-11-4-9(2)14-10(3)5-11/h8-11,13H,4-5,7H2,1-3H3. The summed E-state index contributed by atoms with van der Waals surface area (Å²) in [6, 6.07) is 2.75. The highest BCUT2D eigenvalue weighted by molar-refractivity contribution is 4.84. The number of nitrogens with one attached hydrogen (secondary N) is 1. The van der Waals surface area contributed by atoms with Gasteiger partial charge in [-0.1, -0.05) is 0 Å². The molecule has 0 radical (unpaired) electrons.